The topological polar surface area (TPSA) is 41.1 Å². The lowest BCUT2D eigenvalue weighted by atomic mass is 10.1. The van der Waals surface area contributed by atoms with Gasteiger partial charge < -0.3 is 10.6 Å². The minimum Gasteiger partial charge on any atom is -0.338 e. The van der Waals surface area contributed by atoms with Gasteiger partial charge in [0.1, 0.15) is 0 Å². The third kappa shape index (κ3) is 4.93. The quantitative estimate of drug-likeness (QED) is 0.871. The summed E-state index contributed by atoms with van der Waals surface area (Å²) in [5.41, 5.74) is 1.16. The van der Waals surface area contributed by atoms with Crippen molar-refractivity contribution >= 4 is 29.0 Å². The van der Waals surface area contributed by atoms with Crippen LogP contribution in [0.1, 0.15) is 10.4 Å². The van der Waals surface area contributed by atoms with Crippen LogP contribution in [-0.4, -0.2) is 12.6 Å². The Labute approximate surface area is 121 Å². The average Bonchev–Trinajstić information content (AvgIpc) is 2.92. The van der Waals surface area contributed by atoms with E-state index in [1.165, 1.54) is 0 Å². The monoisotopic (exact) mass is 294 g/mol. The number of hydrogen-bond acceptors (Lipinski definition) is 2. The summed E-state index contributed by atoms with van der Waals surface area (Å²) in [5.74, 6) is 0. The molecule has 19 heavy (non-hydrogen) atoms. The van der Waals surface area contributed by atoms with E-state index in [-0.39, 0.29) is 6.03 Å². The van der Waals surface area contributed by atoms with Crippen LogP contribution in [0, 0.1) is 0 Å². The number of carbonyl (C=O) groups excluding carboxylic acids is 1. The number of hydrogen-bond donors (Lipinski definition) is 2. The van der Waals surface area contributed by atoms with Gasteiger partial charge in [-0.1, -0.05) is 29.8 Å². The predicted octanol–water partition coefficient (Wildman–Crippen LogP) is 3.44. The SMILES string of the molecule is O=C(NCCc1ccc(Cl)cc1)NCc1cccs1. The molecule has 2 N–H and O–H groups in total. The Bertz CT molecular complexity index is 511. The van der Waals surface area contributed by atoms with Crippen LogP contribution in [0.4, 0.5) is 4.79 Å². The van der Waals surface area contributed by atoms with Gasteiger partial charge in [0.2, 0.25) is 0 Å². The second-order valence-electron chi connectivity index (χ2n) is 4.07. The van der Waals surface area contributed by atoms with Gasteiger partial charge in [-0.2, -0.15) is 0 Å². The Hall–Kier alpha value is -1.52. The lowest BCUT2D eigenvalue weighted by molar-refractivity contribution is 0.240. The van der Waals surface area contributed by atoms with E-state index in [1.807, 2.05) is 41.8 Å². The average molecular weight is 295 g/mol. The molecule has 0 saturated heterocycles. The Kier molecular flexibility index (Phi) is 5.24. The number of halogens is 1. The van der Waals surface area contributed by atoms with Crippen molar-refractivity contribution < 1.29 is 4.79 Å². The Morgan fingerprint density at radius 1 is 1.16 bits per heavy atom. The van der Waals surface area contributed by atoms with Crippen molar-refractivity contribution in [2.24, 2.45) is 0 Å². The fourth-order valence-electron chi connectivity index (χ4n) is 1.61. The molecule has 2 rings (SSSR count). The molecule has 0 aliphatic rings. The van der Waals surface area contributed by atoms with Gasteiger partial charge in [0.05, 0.1) is 6.54 Å². The van der Waals surface area contributed by atoms with E-state index >= 15 is 0 Å². The summed E-state index contributed by atoms with van der Waals surface area (Å²) < 4.78 is 0. The number of urea groups is 1. The highest BCUT2D eigenvalue weighted by Gasteiger charge is 2.00. The molecule has 0 aliphatic heterocycles. The molecule has 2 amide bonds. The highest BCUT2D eigenvalue weighted by molar-refractivity contribution is 7.09. The summed E-state index contributed by atoms with van der Waals surface area (Å²) >= 11 is 7.44. The fraction of sp³-hybridized carbons (Fsp3) is 0.214. The second kappa shape index (κ2) is 7.16. The van der Waals surface area contributed by atoms with Crippen molar-refractivity contribution in [3.05, 3.63) is 57.2 Å². The largest absolute Gasteiger partial charge is 0.338 e. The van der Waals surface area contributed by atoms with E-state index in [0.29, 0.717) is 13.1 Å². The first-order valence-corrected chi connectivity index (χ1v) is 7.28. The molecule has 0 radical (unpaired) electrons. The molecule has 0 atom stereocenters. The number of amides is 2. The third-order valence-electron chi connectivity index (χ3n) is 2.62. The molecule has 2 aromatic rings. The first-order chi connectivity index (χ1) is 9.24. The van der Waals surface area contributed by atoms with E-state index in [4.69, 9.17) is 11.6 Å². The van der Waals surface area contributed by atoms with Crippen LogP contribution >= 0.6 is 22.9 Å². The maximum Gasteiger partial charge on any atom is 0.315 e. The molecular formula is C14H15ClN2OS. The van der Waals surface area contributed by atoms with Crippen molar-refractivity contribution in [3.63, 3.8) is 0 Å². The molecule has 1 heterocycles. The van der Waals surface area contributed by atoms with Gasteiger partial charge in [0.15, 0.2) is 0 Å². The molecule has 0 saturated carbocycles. The molecule has 1 aromatic heterocycles. The third-order valence-corrected chi connectivity index (χ3v) is 3.74. The smallest absolute Gasteiger partial charge is 0.315 e. The van der Waals surface area contributed by atoms with E-state index < -0.39 is 0 Å². The summed E-state index contributed by atoms with van der Waals surface area (Å²) in [6.45, 7) is 1.18. The van der Waals surface area contributed by atoms with Gasteiger partial charge in [0, 0.05) is 16.4 Å². The summed E-state index contributed by atoms with van der Waals surface area (Å²) in [4.78, 5) is 12.7. The first-order valence-electron chi connectivity index (χ1n) is 6.02. The van der Waals surface area contributed by atoms with E-state index in [2.05, 4.69) is 10.6 Å². The van der Waals surface area contributed by atoms with E-state index in [9.17, 15) is 4.79 Å². The zero-order valence-electron chi connectivity index (χ0n) is 10.4. The van der Waals surface area contributed by atoms with E-state index in [1.54, 1.807) is 11.3 Å². The van der Waals surface area contributed by atoms with E-state index in [0.717, 1.165) is 21.9 Å². The summed E-state index contributed by atoms with van der Waals surface area (Å²) in [5, 5.41) is 8.37. The fourth-order valence-corrected chi connectivity index (χ4v) is 2.39. The number of thiophene rings is 1. The van der Waals surface area contributed by atoms with Crippen molar-refractivity contribution in [1.29, 1.82) is 0 Å². The van der Waals surface area contributed by atoms with Crippen molar-refractivity contribution in [2.45, 2.75) is 13.0 Å². The zero-order chi connectivity index (χ0) is 13.5. The lowest BCUT2D eigenvalue weighted by Gasteiger charge is -2.06. The molecule has 1 aromatic carbocycles. The number of nitrogens with one attached hydrogen (secondary N) is 2. The summed E-state index contributed by atoms with van der Waals surface area (Å²) in [6, 6.07) is 11.5. The summed E-state index contributed by atoms with van der Waals surface area (Å²) in [7, 11) is 0. The van der Waals surface area contributed by atoms with Gasteiger partial charge in [0.25, 0.3) is 0 Å². The van der Waals surface area contributed by atoms with Crippen molar-refractivity contribution in [1.82, 2.24) is 10.6 Å². The number of benzene rings is 1. The molecule has 0 spiro atoms. The van der Waals surface area contributed by atoms with Gasteiger partial charge in [-0.25, -0.2) is 4.79 Å². The molecule has 0 fully saturated rings. The Balaban J connectivity index is 1.65. The first kappa shape index (κ1) is 13.9. The van der Waals surface area contributed by atoms with Crippen LogP contribution in [0.15, 0.2) is 41.8 Å². The second-order valence-corrected chi connectivity index (χ2v) is 5.53. The molecule has 3 nitrogen and oxygen atoms in total. The minimum absolute atomic E-state index is 0.137. The van der Waals surface area contributed by atoms with Crippen LogP contribution in [0.25, 0.3) is 0 Å². The van der Waals surface area contributed by atoms with Crippen LogP contribution in [0.2, 0.25) is 5.02 Å². The van der Waals surface area contributed by atoms with Crippen molar-refractivity contribution in [3.8, 4) is 0 Å². The number of rotatable bonds is 5. The highest BCUT2D eigenvalue weighted by Crippen LogP contribution is 2.09. The maximum atomic E-state index is 11.5. The van der Waals surface area contributed by atoms with Crippen molar-refractivity contribution in [2.75, 3.05) is 6.54 Å². The van der Waals surface area contributed by atoms with Gasteiger partial charge in [-0.05, 0) is 35.6 Å². The van der Waals surface area contributed by atoms with Gasteiger partial charge >= 0.3 is 6.03 Å². The van der Waals surface area contributed by atoms with Crippen LogP contribution in [0.5, 0.6) is 0 Å². The van der Waals surface area contributed by atoms with Crippen LogP contribution < -0.4 is 10.6 Å². The molecule has 5 heteroatoms. The number of carbonyl (C=O) groups is 1. The van der Waals surface area contributed by atoms with Crippen LogP contribution in [0.3, 0.4) is 0 Å². The molecular weight excluding hydrogens is 280 g/mol. The standard InChI is InChI=1S/C14H15ClN2OS/c15-12-5-3-11(4-6-12)7-8-16-14(18)17-10-13-2-1-9-19-13/h1-6,9H,7-8,10H2,(H2,16,17,18). The Morgan fingerprint density at radius 3 is 2.63 bits per heavy atom. The highest BCUT2D eigenvalue weighted by atomic mass is 35.5. The normalized spacial score (nSPS) is 10.2. The van der Waals surface area contributed by atoms with Crippen LogP contribution in [-0.2, 0) is 13.0 Å². The zero-order valence-corrected chi connectivity index (χ0v) is 11.9. The molecule has 100 valence electrons. The van der Waals surface area contributed by atoms with Gasteiger partial charge in [-0.3, -0.25) is 0 Å². The molecule has 0 bridgehead atoms. The maximum absolute atomic E-state index is 11.5. The molecule has 0 aliphatic carbocycles. The predicted molar refractivity (Wildman–Crippen MR) is 79.7 cm³/mol. The van der Waals surface area contributed by atoms with Gasteiger partial charge in [-0.15, -0.1) is 11.3 Å². The molecule has 0 unspecified atom stereocenters. The minimum atomic E-state index is -0.137. The lowest BCUT2D eigenvalue weighted by Crippen LogP contribution is -2.35. The Morgan fingerprint density at radius 2 is 1.95 bits per heavy atom. The summed E-state index contributed by atoms with van der Waals surface area (Å²) in [6.07, 6.45) is 0.795.